The Labute approximate surface area is 118 Å². The van der Waals surface area contributed by atoms with E-state index in [-0.39, 0.29) is 0 Å². The Morgan fingerprint density at radius 1 is 1.11 bits per heavy atom. The number of hydrogen-bond acceptors (Lipinski definition) is 2. The number of nitrogens with one attached hydrogen (secondary N) is 1. The summed E-state index contributed by atoms with van der Waals surface area (Å²) in [6.07, 6.45) is 4.98. The van der Waals surface area contributed by atoms with Crippen LogP contribution in [-0.4, -0.2) is 13.7 Å². The molecule has 19 heavy (non-hydrogen) atoms. The molecule has 0 heterocycles. The lowest BCUT2D eigenvalue weighted by Crippen LogP contribution is -2.22. The first-order valence-corrected chi connectivity index (χ1v) is 7.54. The van der Waals surface area contributed by atoms with Gasteiger partial charge in [-0.3, -0.25) is 0 Å². The molecule has 2 nitrogen and oxygen atoms in total. The van der Waals surface area contributed by atoms with E-state index in [0.29, 0.717) is 6.04 Å². The zero-order valence-corrected chi connectivity index (χ0v) is 12.9. The number of hydrogen-bond donors (Lipinski definition) is 1. The van der Waals surface area contributed by atoms with Gasteiger partial charge < -0.3 is 10.1 Å². The Morgan fingerprint density at radius 3 is 2.32 bits per heavy atom. The van der Waals surface area contributed by atoms with E-state index in [0.717, 1.165) is 18.2 Å². The van der Waals surface area contributed by atoms with E-state index in [1.165, 1.54) is 31.2 Å². The molecule has 0 spiro atoms. The van der Waals surface area contributed by atoms with Gasteiger partial charge in [-0.1, -0.05) is 45.7 Å². The molecule has 0 fully saturated rings. The zero-order chi connectivity index (χ0) is 14.1. The van der Waals surface area contributed by atoms with Crippen LogP contribution in [0.15, 0.2) is 24.3 Å². The highest BCUT2D eigenvalue weighted by atomic mass is 16.5. The molecule has 1 aromatic rings. The molecule has 0 aliphatic rings. The lowest BCUT2D eigenvalue weighted by molar-refractivity contribution is 0.413. The Morgan fingerprint density at radius 2 is 1.79 bits per heavy atom. The molecule has 0 aromatic heterocycles. The molecule has 1 aromatic carbocycles. The molecule has 0 radical (unpaired) electrons. The Balaban J connectivity index is 2.60. The lowest BCUT2D eigenvalue weighted by atomic mass is 9.98. The van der Waals surface area contributed by atoms with Crippen LogP contribution in [0.3, 0.4) is 0 Å². The van der Waals surface area contributed by atoms with Crippen LogP contribution in [0.25, 0.3) is 0 Å². The van der Waals surface area contributed by atoms with Crippen molar-refractivity contribution in [3.63, 3.8) is 0 Å². The molecule has 0 bridgehead atoms. The summed E-state index contributed by atoms with van der Waals surface area (Å²) >= 11 is 0. The van der Waals surface area contributed by atoms with Crippen molar-refractivity contribution < 1.29 is 4.74 Å². The van der Waals surface area contributed by atoms with Crippen molar-refractivity contribution in [1.29, 1.82) is 0 Å². The summed E-state index contributed by atoms with van der Waals surface area (Å²) in [4.78, 5) is 0. The van der Waals surface area contributed by atoms with Crippen molar-refractivity contribution in [2.24, 2.45) is 5.92 Å². The van der Waals surface area contributed by atoms with Gasteiger partial charge in [0.15, 0.2) is 0 Å². The Kier molecular flexibility index (Phi) is 7.57. The molecule has 0 amide bonds. The fourth-order valence-corrected chi connectivity index (χ4v) is 2.27. The van der Waals surface area contributed by atoms with Crippen LogP contribution in [0.2, 0.25) is 0 Å². The van der Waals surface area contributed by atoms with Crippen molar-refractivity contribution in [2.45, 2.75) is 52.5 Å². The van der Waals surface area contributed by atoms with Crippen LogP contribution in [0.1, 0.15) is 58.1 Å². The minimum absolute atomic E-state index is 0.476. The third-order valence-corrected chi connectivity index (χ3v) is 3.43. The highest BCUT2D eigenvalue weighted by Gasteiger charge is 2.10. The SMILES string of the molecule is CCCNC(CCCC(C)C)c1ccc(OC)cc1. The number of ether oxygens (including phenoxy) is 1. The summed E-state index contributed by atoms with van der Waals surface area (Å²) in [6, 6.07) is 8.95. The molecule has 1 atom stereocenters. The number of benzene rings is 1. The monoisotopic (exact) mass is 263 g/mol. The van der Waals surface area contributed by atoms with Crippen LogP contribution >= 0.6 is 0 Å². The van der Waals surface area contributed by atoms with E-state index in [2.05, 4.69) is 50.4 Å². The lowest BCUT2D eigenvalue weighted by Gasteiger charge is -2.20. The molecule has 1 unspecified atom stereocenters. The van der Waals surface area contributed by atoms with Crippen molar-refractivity contribution >= 4 is 0 Å². The molecule has 108 valence electrons. The Bertz CT molecular complexity index is 332. The van der Waals surface area contributed by atoms with E-state index in [9.17, 15) is 0 Å². The summed E-state index contributed by atoms with van der Waals surface area (Å²) in [5.74, 6) is 1.72. The average Bonchev–Trinajstić information content (AvgIpc) is 2.42. The maximum atomic E-state index is 5.22. The minimum atomic E-state index is 0.476. The third kappa shape index (κ3) is 6.11. The first kappa shape index (κ1) is 16.0. The molecule has 0 aliphatic heterocycles. The van der Waals surface area contributed by atoms with Crippen LogP contribution in [0.5, 0.6) is 5.75 Å². The van der Waals surface area contributed by atoms with Crippen LogP contribution in [0.4, 0.5) is 0 Å². The first-order valence-electron chi connectivity index (χ1n) is 7.54. The number of methoxy groups -OCH3 is 1. The highest BCUT2D eigenvalue weighted by Crippen LogP contribution is 2.23. The topological polar surface area (TPSA) is 21.3 Å². The van der Waals surface area contributed by atoms with Gasteiger partial charge in [-0.05, 0) is 43.0 Å². The maximum absolute atomic E-state index is 5.22. The minimum Gasteiger partial charge on any atom is -0.497 e. The smallest absolute Gasteiger partial charge is 0.118 e. The van der Waals surface area contributed by atoms with E-state index in [1.807, 2.05) is 0 Å². The third-order valence-electron chi connectivity index (χ3n) is 3.43. The molecular weight excluding hydrogens is 234 g/mol. The fraction of sp³-hybridized carbons (Fsp3) is 0.647. The van der Waals surface area contributed by atoms with Gasteiger partial charge in [0.1, 0.15) is 5.75 Å². The second-order valence-electron chi connectivity index (χ2n) is 5.60. The normalized spacial score (nSPS) is 12.7. The van der Waals surface area contributed by atoms with Crippen molar-refractivity contribution in [3.05, 3.63) is 29.8 Å². The van der Waals surface area contributed by atoms with E-state index < -0.39 is 0 Å². The van der Waals surface area contributed by atoms with Crippen molar-refractivity contribution in [1.82, 2.24) is 5.32 Å². The largest absolute Gasteiger partial charge is 0.497 e. The summed E-state index contributed by atoms with van der Waals surface area (Å²) in [5.41, 5.74) is 1.37. The molecular formula is C17H29NO. The maximum Gasteiger partial charge on any atom is 0.118 e. The molecule has 1 N–H and O–H groups in total. The molecule has 1 rings (SSSR count). The predicted molar refractivity (Wildman–Crippen MR) is 82.7 cm³/mol. The van der Waals surface area contributed by atoms with Gasteiger partial charge in [-0.2, -0.15) is 0 Å². The van der Waals surface area contributed by atoms with E-state index in [1.54, 1.807) is 7.11 Å². The first-order chi connectivity index (χ1) is 9.17. The summed E-state index contributed by atoms with van der Waals surface area (Å²) < 4.78 is 5.22. The average molecular weight is 263 g/mol. The van der Waals surface area contributed by atoms with Gasteiger partial charge in [0.2, 0.25) is 0 Å². The summed E-state index contributed by atoms with van der Waals surface area (Å²) in [6.45, 7) is 7.88. The van der Waals surface area contributed by atoms with Gasteiger partial charge >= 0.3 is 0 Å². The van der Waals surface area contributed by atoms with Gasteiger partial charge in [0.25, 0.3) is 0 Å². The second kappa shape index (κ2) is 8.98. The molecule has 0 saturated carbocycles. The van der Waals surface area contributed by atoms with Crippen molar-refractivity contribution in [3.8, 4) is 5.75 Å². The van der Waals surface area contributed by atoms with Gasteiger partial charge in [-0.25, -0.2) is 0 Å². The quantitative estimate of drug-likeness (QED) is 0.705. The standard InChI is InChI=1S/C17H29NO/c1-5-13-18-17(8-6-7-14(2)3)15-9-11-16(19-4)12-10-15/h9-12,14,17-18H,5-8,13H2,1-4H3. The second-order valence-corrected chi connectivity index (χ2v) is 5.60. The van der Waals surface area contributed by atoms with Gasteiger partial charge in [-0.15, -0.1) is 0 Å². The van der Waals surface area contributed by atoms with Gasteiger partial charge in [0.05, 0.1) is 7.11 Å². The van der Waals surface area contributed by atoms with E-state index >= 15 is 0 Å². The summed E-state index contributed by atoms with van der Waals surface area (Å²) in [7, 11) is 1.71. The number of rotatable bonds is 9. The fourth-order valence-electron chi connectivity index (χ4n) is 2.27. The molecule has 0 saturated heterocycles. The summed E-state index contributed by atoms with van der Waals surface area (Å²) in [5, 5.41) is 3.66. The zero-order valence-electron chi connectivity index (χ0n) is 12.9. The molecule has 2 heteroatoms. The van der Waals surface area contributed by atoms with Crippen LogP contribution in [-0.2, 0) is 0 Å². The van der Waals surface area contributed by atoms with Crippen molar-refractivity contribution in [2.75, 3.05) is 13.7 Å². The molecule has 0 aliphatic carbocycles. The Hall–Kier alpha value is -1.02. The van der Waals surface area contributed by atoms with Crippen LogP contribution in [0, 0.1) is 5.92 Å². The van der Waals surface area contributed by atoms with Crippen LogP contribution < -0.4 is 10.1 Å². The predicted octanol–water partition coefficient (Wildman–Crippen LogP) is 4.56. The highest BCUT2D eigenvalue weighted by molar-refractivity contribution is 5.29. The van der Waals surface area contributed by atoms with E-state index in [4.69, 9.17) is 4.74 Å². The van der Waals surface area contributed by atoms with Gasteiger partial charge in [0, 0.05) is 6.04 Å².